The van der Waals surface area contributed by atoms with Crippen molar-refractivity contribution >= 4 is 29.5 Å². The van der Waals surface area contributed by atoms with Crippen molar-refractivity contribution in [2.75, 3.05) is 6.61 Å². The number of non-ortho nitro benzene ring substituents is 1. The SMILES string of the molecule is CCOC(=O)c1c(C)[nH]c(C(=O)[C@H](C)OC(=O)/C=C/c2cccc([N+](=O)[O-])c2)c1C. The third kappa shape index (κ3) is 5.19. The summed E-state index contributed by atoms with van der Waals surface area (Å²) in [7, 11) is 0. The maximum Gasteiger partial charge on any atom is 0.340 e. The molecule has 9 heteroatoms. The molecule has 0 saturated carbocycles. The highest BCUT2D eigenvalue weighted by Gasteiger charge is 2.27. The van der Waals surface area contributed by atoms with E-state index in [4.69, 9.17) is 9.47 Å². The number of carbonyl (C=O) groups is 3. The van der Waals surface area contributed by atoms with Crippen LogP contribution in [0.3, 0.4) is 0 Å². The topological polar surface area (TPSA) is 129 Å². The zero-order valence-corrected chi connectivity index (χ0v) is 17.1. The van der Waals surface area contributed by atoms with Crippen molar-refractivity contribution in [3.05, 3.63) is 68.5 Å². The van der Waals surface area contributed by atoms with Crippen molar-refractivity contribution in [2.45, 2.75) is 33.8 Å². The number of nitro groups is 1. The Morgan fingerprint density at radius 1 is 1.27 bits per heavy atom. The van der Waals surface area contributed by atoms with E-state index in [0.717, 1.165) is 6.08 Å². The predicted molar refractivity (Wildman–Crippen MR) is 108 cm³/mol. The van der Waals surface area contributed by atoms with E-state index in [1.54, 1.807) is 26.8 Å². The summed E-state index contributed by atoms with van der Waals surface area (Å²) in [6.07, 6.45) is 1.33. The van der Waals surface area contributed by atoms with Gasteiger partial charge in [-0.25, -0.2) is 9.59 Å². The second-order valence-corrected chi connectivity index (χ2v) is 6.47. The van der Waals surface area contributed by atoms with Crippen LogP contribution in [0.25, 0.3) is 6.08 Å². The third-order valence-electron chi connectivity index (χ3n) is 4.32. The smallest absolute Gasteiger partial charge is 0.340 e. The van der Waals surface area contributed by atoms with Crippen LogP contribution in [0.5, 0.6) is 0 Å². The normalized spacial score (nSPS) is 11.9. The summed E-state index contributed by atoms with van der Waals surface area (Å²) in [5.41, 5.74) is 1.69. The van der Waals surface area contributed by atoms with Crippen LogP contribution >= 0.6 is 0 Å². The molecule has 2 rings (SSSR count). The van der Waals surface area contributed by atoms with Crippen molar-refractivity contribution in [1.82, 2.24) is 4.98 Å². The summed E-state index contributed by atoms with van der Waals surface area (Å²) < 4.78 is 10.1. The molecular formula is C21H22N2O7. The van der Waals surface area contributed by atoms with Crippen LogP contribution in [-0.2, 0) is 14.3 Å². The Bertz CT molecular complexity index is 1020. The molecule has 0 spiro atoms. The number of hydrogen-bond acceptors (Lipinski definition) is 7. The Morgan fingerprint density at radius 3 is 2.60 bits per heavy atom. The number of H-pyrrole nitrogens is 1. The zero-order valence-electron chi connectivity index (χ0n) is 17.1. The first-order valence-electron chi connectivity index (χ1n) is 9.19. The lowest BCUT2D eigenvalue weighted by Gasteiger charge is -2.10. The standard InChI is InChI=1S/C21H22N2O7/c1-5-29-21(26)18-12(2)19(22-13(18)3)20(25)14(4)30-17(24)10-9-15-7-6-8-16(11-15)23(27)28/h6-11,14,22H,5H2,1-4H3/b10-9+/t14-/m0/s1. The number of aryl methyl sites for hydroxylation is 1. The molecule has 0 aliphatic heterocycles. The second-order valence-electron chi connectivity index (χ2n) is 6.47. The molecule has 0 radical (unpaired) electrons. The summed E-state index contributed by atoms with van der Waals surface area (Å²) in [5, 5.41) is 10.8. The number of carbonyl (C=O) groups excluding carboxylic acids is 3. The number of nitrogens with zero attached hydrogens (tertiary/aromatic N) is 1. The minimum atomic E-state index is -1.11. The number of aromatic nitrogens is 1. The number of ketones is 1. The number of rotatable bonds is 8. The van der Waals surface area contributed by atoms with Crippen LogP contribution in [0.2, 0.25) is 0 Å². The Labute approximate surface area is 172 Å². The Balaban J connectivity index is 2.10. The van der Waals surface area contributed by atoms with E-state index in [1.165, 1.54) is 31.2 Å². The van der Waals surface area contributed by atoms with Gasteiger partial charge in [0.2, 0.25) is 5.78 Å². The van der Waals surface area contributed by atoms with E-state index in [2.05, 4.69) is 4.98 Å². The van der Waals surface area contributed by atoms with Gasteiger partial charge in [-0.3, -0.25) is 14.9 Å². The molecule has 158 valence electrons. The molecule has 0 bridgehead atoms. The van der Waals surface area contributed by atoms with Crippen LogP contribution in [0.15, 0.2) is 30.3 Å². The van der Waals surface area contributed by atoms with Gasteiger partial charge in [0.25, 0.3) is 5.69 Å². The Kier molecular flexibility index (Phi) is 7.24. The summed E-state index contributed by atoms with van der Waals surface area (Å²) in [5.74, 6) is -1.82. The maximum atomic E-state index is 12.7. The van der Waals surface area contributed by atoms with Crippen molar-refractivity contribution in [1.29, 1.82) is 0 Å². The van der Waals surface area contributed by atoms with Crippen molar-refractivity contribution in [2.24, 2.45) is 0 Å². The van der Waals surface area contributed by atoms with Crippen LogP contribution in [-0.4, -0.2) is 40.3 Å². The van der Waals surface area contributed by atoms with Crippen molar-refractivity contribution < 1.29 is 28.8 Å². The maximum absolute atomic E-state index is 12.7. The third-order valence-corrected chi connectivity index (χ3v) is 4.32. The van der Waals surface area contributed by atoms with Crippen LogP contribution in [0.1, 0.15) is 51.5 Å². The zero-order chi connectivity index (χ0) is 22.4. The van der Waals surface area contributed by atoms with Crippen molar-refractivity contribution in [3.63, 3.8) is 0 Å². The minimum absolute atomic E-state index is 0.107. The molecule has 1 heterocycles. The molecule has 1 aromatic heterocycles. The number of aromatic amines is 1. The van der Waals surface area contributed by atoms with E-state index < -0.39 is 28.7 Å². The molecule has 0 amide bonds. The molecule has 0 saturated heterocycles. The predicted octanol–water partition coefficient (Wildman–Crippen LogP) is 3.54. The lowest BCUT2D eigenvalue weighted by atomic mass is 10.1. The van der Waals surface area contributed by atoms with E-state index >= 15 is 0 Å². The first-order chi connectivity index (χ1) is 14.1. The van der Waals surface area contributed by atoms with Gasteiger partial charge in [0.1, 0.15) is 0 Å². The quantitative estimate of drug-likeness (QED) is 0.230. The summed E-state index contributed by atoms with van der Waals surface area (Å²) in [6, 6.07) is 5.72. The number of benzene rings is 1. The molecule has 2 aromatic rings. The van der Waals surface area contributed by atoms with E-state index in [0.29, 0.717) is 16.8 Å². The van der Waals surface area contributed by atoms with E-state index in [9.17, 15) is 24.5 Å². The number of nitro benzene ring substituents is 1. The molecule has 9 nitrogen and oxygen atoms in total. The van der Waals surface area contributed by atoms with Gasteiger partial charge in [0.15, 0.2) is 6.10 Å². The Morgan fingerprint density at radius 2 is 1.97 bits per heavy atom. The molecule has 1 atom stereocenters. The fraction of sp³-hybridized carbons (Fsp3) is 0.286. The summed E-state index contributed by atoms with van der Waals surface area (Å²) in [4.78, 5) is 49.9. The van der Waals surface area contributed by atoms with Gasteiger partial charge in [-0.1, -0.05) is 12.1 Å². The molecule has 0 aliphatic carbocycles. The molecule has 1 aromatic carbocycles. The first kappa shape index (κ1) is 22.5. The number of ether oxygens (including phenoxy) is 2. The number of Topliss-reactive ketones (excluding diaryl/α,β-unsaturated/α-hetero) is 1. The summed E-state index contributed by atoms with van der Waals surface area (Å²) >= 11 is 0. The average Bonchev–Trinajstić information content (AvgIpc) is 3.00. The number of esters is 2. The van der Waals surface area contributed by atoms with Crippen molar-refractivity contribution in [3.8, 4) is 0 Å². The molecule has 0 fully saturated rings. The van der Waals surface area contributed by atoms with Crippen LogP contribution in [0, 0.1) is 24.0 Å². The van der Waals surface area contributed by atoms with Gasteiger partial charge in [0, 0.05) is 23.9 Å². The molecule has 1 N–H and O–H groups in total. The highest BCUT2D eigenvalue weighted by atomic mass is 16.6. The van der Waals surface area contributed by atoms with Gasteiger partial charge in [-0.05, 0) is 44.9 Å². The largest absolute Gasteiger partial charge is 0.462 e. The molecule has 0 aliphatic rings. The second kappa shape index (κ2) is 9.64. The van der Waals surface area contributed by atoms with Gasteiger partial charge < -0.3 is 14.5 Å². The number of hydrogen-bond donors (Lipinski definition) is 1. The lowest BCUT2D eigenvalue weighted by molar-refractivity contribution is -0.384. The highest BCUT2D eigenvalue weighted by molar-refractivity contribution is 6.04. The minimum Gasteiger partial charge on any atom is -0.462 e. The van der Waals surface area contributed by atoms with Gasteiger partial charge in [0.05, 0.1) is 22.8 Å². The Hall–Kier alpha value is -3.75. The summed E-state index contributed by atoms with van der Waals surface area (Å²) in [6.45, 7) is 6.57. The van der Waals surface area contributed by atoms with Crippen LogP contribution < -0.4 is 0 Å². The van der Waals surface area contributed by atoms with Crippen LogP contribution in [0.4, 0.5) is 5.69 Å². The fourth-order valence-corrected chi connectivity index (χ4v) is 2.88. The average molecular weight is 414 g/mol. The number of nitrogens with one attached hydrogen (secondary N) is 1. The van der Waals surface area contributed by atoms with Gasteiger partial charge >= 0.3 is 11.9 Å². The molecule has 30 heavy (non-hydrogen) atoms. The molecular weight excluding hydrogens is 392 g/mol. The first-order valence-corrected chi connectivity index (χ1v) is 9.19. The monoisotopic (exact) mass is 414 g/mol. The van der Waals surface area contributed by atoms with E-state index in [1.807, 2.05) is 0 Å². The van der Waals surface area contributed by atoms with Gasteiger partial charge in [-0.15, -0.1) is 0 Å². The molecule has 0 unspecified atom stereocenters. The highest BCUT2D eigenvalue weighted by Crippen LogP contribution is 2.21. The van der Waals surface area contributed by atoms with E-state index in [-0.39, 0.29) is 23.6 Å². The van der Waals surface area contributed by atoms with Gasteiger partial charge in [-0.2, -0.15) is 0 Å². The lowest BCUT2D eigenvalue weighted by Crippen LogP contribution is -2.24. The fourth-order valence-electron chi connectivity index (χ4n) is 2.88.